The topological polar surface area (TPSA) is 49.3 Å². The molecule has 0 aliphatic rings. The standard InChI is InChI=1S/C14H21NO2/c1-9(2)14(15-8-16)7-13-10(3)5-12(17)6-11(13)4/h5-6,8-9,14,17H,7H2,1-4H3,(H,15,16). The normalized spacial score (nSPS) is 12.5. The molecule has 0 radical (unpaired) electrons. The van der Waals surface area contributed by atoms with Gasteiger partial charge in [-0.3, -0.25) is 4.79 Å². The Morgan fingerprint density at radius 3 is 2.24 bits per heavy atom. The van der Waals surface area contributed by atoms with Crippen molar-refractivity contribution in [2.45, 2.75) is 40.2 Å². The summed E-state index contributed by atoms with van der Waals surface area (Å²) < 4.78 is 0. The Bertz CT molecular complexity index is 376. The lowest BCUT2D eigenvalue weighted by Gasteiger charge is -2.22. The molecule has 0 heterocycles. The molecule has 1 atom stereocenters. The largest absolute Gasteiger partial charge is 0.508 e. The summed E-state index contributed by atoms with van der Waals surface area (Å²) in [7, 11) is 0. The molecule has 94 valence electrons. The number of aryl methyl sites for hydroxylation is 2. The van der Waals surface area contributed by atoms with Crippen LogP contribution in [0.1, 0.15) is 30.5 Å². The van der Waals surface area contributed by atoms with Crippen LogP contribution >= 0.6 is 0 Å². The third-order valence-electron chi connectivity index (χ3n) is 3.19. The molecule has 3 nitrogen and oxygen atoms in total. The molecule has 0 aromatic heterocycles. The minimum atomic E-state index is 0.134. The summed E-state index contributed by atoms with van der Waals surface area (Å²) in [6.07, 6.45) is 1.56. The van der Waals surface area contributed by atoms with Gasteiger partial charge in [0, 0.05) is 6.04 Å². The van der Waals surface area contributed by atoms with Crippen molar-refractivity contribution in [2.24, 2.45) is 5.92 Å². The highest BCUT2D eigenvalue weighted by Gasteiger charge is 2.15. The van der Waals surface area contributed by atoms with Crippen LogP contribution in [0.5, 0.6) is 5.75 Å². The Balaban J connectivity index is 2.96. The van der Waals surface area contributed by atoms with Crippen LogP contribution in [-0.4, -0.2) is 17.6 Å². The van der Waals surface area contributed by atoms with E-state index in [1.807, 2.05) is 13.8 Å². The minimum absolute atomic E-state index is 0.134. The summed E-state index contributed by atoms with van der Waals surface area (Å²) in [4.78, 5) is 10.6. The Labute approximate surface area is 103 Å². The van der Waals surface area contributed by atoms with Gasteiger partial charge in [0.1, 0.15) is 5.75 Å². The van der Waals surface area contributed by atoms with Crippen LogP contribution < -0.4 is 5.32 Å². The van der Waals surface area contributed by atoms with Crippen LogP contribution in [0.15, 0.2) is 12.1 Å². The summed E-state index contributed by atoms with van der Waals surface area (Å²) in [5.41, 5.74) is 3.34. The van der Waals surface area contributed by atoms with Crippen LogP contribution in [0.3, 0.4) is 0 Å². The molecule has 2 N–H and O–H groups in total. The van der Waals surface area contributed by atoms with Crippen molar-refractivity contribution in [1.82, 2.24) is 5.32 Å². The predicted molar refractivity (Wildman–Crippen MR) is 69.1 cm³/mol. The van der Waals surface area contributed by atoms with Gasteiger partial charge in [-0.2, -0.15) is 0 Å². The highest BCUT2D eigenvalue weighted by molar-refractivity contribution is 5.47. The van der Waals surface area contributed by atoms with Crippen molar-refractivity contribution in [3.05, 3.63) is 28.8 Å². The Morgan fingerprint density at radius 1 is 1.29 bits per heavy atom. The Morgan fingerprint density at radius 2 is 1.82 bits per heavy atom. The van der Waals surface area contributed by atoms with E-state index in [0.717, 1.165) is 24.0 Å². The van der Waals surface area contributed by atoms with E-state index in [0.29, 0.717) is 11.7 Å². The van der Waals surface area contributed by atoms with Gasteiger partial charge in [-0.15, -0.1) is 0 Å². The van der Waals surface area contributed by atoms with Gasteiger partial charge in [0.25, 0.3) is 0 Å². The zero-order chi connectivity index (χ0) is 13.0. The molecule has 17 heavy (non-hydrogen) atoms. The monoisotopic (exact) mass is 235 g/mol. The molecule has 1 aromatic rings. The van der Waals surface area contributed by atoms with Gasteiger partial charge >= 0.3 is 0 Å². The smallest absolute Gasteiger partial charge is 0.207 e. The molecular weight excluding hydrogens is 214 g/mol. The lowest BCUT2D eigenvalue weighted by atomic mass is 9.91. The molecule has 3 heteroatoms. The summed E-state index contributed by atoms with van der Waals surface area (Å²) in [5.74, 6) is 0.681. The van der Waals surface area contributed by atoms with Crippen LogP contribution in [0.2, 0.25) is 0 Å². The molecule has 0 saturated carbocycles. The third kappa shape index (κ3) is 3.48. The molecule has 0 fully saturated rings. The zero-order valence-corrected chi connectivity index (χ0v) is 10.9. The van der Waals surface area contributed by atoms with E-state index < -0.39 is 0 Å². The first-order valence-electron chi connectivity index (χ1n) is 5.94. The van der Waals surface area contributed by atoms with Crippen molar-refractivity contribution < 1.29 is 9.90 Å². The SMILES string of the molecule is Cc1cc(O)cc(C)c1CC(NC=O)C(C)C. The van der Waals surface area contributed by atoms with Gasteiger partial charge in [0.2, 0.25) is 6.41 Å². The number of aromatic hydroxyl groups is 1. The number of nitrogens with one attached hydrogen (secondary N) is 1. The number of carbonyl (C=O) groups is 1. The lowest BCUT2D eigenvalue weighted by Crippen LogP contribution is -2.35. The van der Waals surface area contributed by atoms with E-state index in [4.69, 9.17) is 0 Å². The summed E-state index contributed by atoms with van der Waals surface area (Å²) >= 11 is 0. The van der Waals surface area contributed by atoms with Crippen LogP contribution in [0.4, 0.5) is 0 Å². The van der Waals surface area contributed by atoms with Crippen molar-refractivity contribution >= 4 is 6.41 Å². The molecule has 1 aromatic carbocycles. The predicted octanol–water partition coefficient (Wildman–Crippen LogP) is 2.32. The Kier molecular flexibility index (Phi) is 4.55. The van der Waals surface area contributed by atoms with E-state index in [1.54, 1.807) is 12.1 Å². The van der Waals surface area contributed by atoms with Crippen LogP contribution in [-0.2, 0) is 11.2 Å². The minimum Gasteiger partial charge on any atom is -0.508 e. The fraction of sp³-hybridized carbons (Fsp3) is 0.500. The average molecular weight is 235 g/mol. The fourth-order valence-corrected chi connectivity index (χ4v) is 2.09. The molecule has 0 saturated heterocycles. The maximum absolute atomic E-state index is 10.6. The first-order chi connectivity index (χ1) is 7.95. The maximum Gasteiger partial charge on any atom is 0.207 e. The maximum atomic E-state index is 10.6. The lowest BCUT2D eigenvalue weighted by molar-refractivity contribution is -0.110. The molecule has 0 spiro atoms. The van der Waals surface area contributed by atoms with Crippen molar-refractivity contribution in [1.29, 1.82) is 0 Å². The van der Waals surface area contributed by atoms with Gasteiger partial charge in [-0.25, -0.2) is 0 Å². The highest BCUT2D eigenvalue weighted by Crippen LogP contribution is 2.23. The van der Waals surface area contributed by atoms with Gasteiger partial charge in [-0.1, -0.05) is 13.8 Å². The van der Waals surface area contributed by atoms with E-state index >= 15 is 0 Å². The Hall–Kier alpha value is -1.51. The molecule has 1 amide bonds. The molecule has 1 rings (SSSR count). The van der Waals surface area contributed by atoms with Gasteiger partial charge in [0.05, 0.1) is 0 Å². The quantitative estimate of drug-likeness (QED) is 0.769. The second-order valence-corrected chi connectivity index (χ2v) is 4.90. The number of hydrogen-bond donors (Lipinski definition) is 2. The third-order valence-corrected chi connectivity index (χ3v) is 3.19. The van der Waals surface area contributed by atoms with E-state index in [2.05, 4.69) is 19.2 Å². The van der Waals surface area contributed by atoms with E-state index in [1.165, 1.54) is 5.56 Å². The molecule has 1 unspecified atom stereocenters. The number of benzene rings is 1. The second kappa shape index (κ2) is 5.71. The zero-order valence-electron chi connectivity index (χ0n) is 10.9. The van der Waals surface area contributed by atoms with E-state index in [9.17, 15) is 9.90 Å². The van der Waals surface area contributed by atoms with Gasteiger partial charge in [-0.05, 0) is 55.0 Å². The number of rotatable bonds is 5. The molecule has 0 aliphatic carbocycles. The highest BCUT2D eigenvalue weighted by atomic mass is 16.3. The fourth-order valence-electron chi connectivity index (χ4n) is 2.09. The summed E-state index contributed by atoms with van der Waals surface area (Å²) in [6.45, 7) is 8.15. The number of phenols is 1. The van der Waals surface area contributed by atoms with Gasteiger partial charge < -0.3 is 10.4 Å². The van der Waals surface area contributed by atoms with Crippen LogP contribution in [0, 0.1) is 19.8 Å². The first kappa shape index (κ1) is 13.6. The first-order valence-corrected chi connectivity index (χ1v) is 5.94. The molecule has 0 aliphatic heterocycles. The van der Waals surface area contributed by atoms with Gasteiger partial charge in [0.15, 0.2) is 0 Å². The summed E-state index contributed by atoms with van der Waals surface area (Å²) in [6, 6.07) is 3.66. The molecular formula is C14H21NO2. The summed E-state index contributed by atoms with van der Waals surface area (Å²) in [5, 5.41) is 12.3. The number of carbonyl (C=O) groups excluding carboxylic acids is 1. The number of hydrogen-bond acceptors (Lipinski definition) is 2. The molecule has 0 bridgehead atoms. The van der Waals surface area contributed by atoms with E-state index in [-0.39, 0.29) is 6.04 Å². The van der Waals surface area contributed by atoms with Crippen molar-refractivity contribution in [3.8, 4) is 5.75 Å². The number of phenolic OH excluding ortho intramolecular Hbond substituents is 1. The van der Waals surface area contributed by atoms with Crippen LogP contribution in [0.25, 0.3) is 0 Å². The van der Waals surface area contributed by atoms with Crippen molar-refractivity contribution in [3.63, 3.8) is 0 Å². The second-order valence-electron chi connectivity index (χ2n) is 4.90. The number of amides is 1. The van der Waals surface area contributed by atoms with Crippen molar-refractivity contribution in [2.75, 3.05) is 0 Å². The average Bonchev–Trinajstić information content (AvgIpc) is 2.21.